The third-order valence-corrected chi connectivity index (χ3v) is 5.35. The molecule has 0 nitrogen and oxygen atoms in total. The van der Waals surface area contributed by atoms with Crippen molar-refractivity contribution in [3.8, 4) is 0 Å². The topological polar surface area (TPSA) is 0 Å². The average molecular weight is 222 g/mol. The summed E-state index contributed by atoms with van der Waals surface area (Å²) < 4.78 is 0. The average Bonchev–Trinajstić information content (AvgIpc) is 2.14. The van der Waals surface area contributed by atoms with E-state index in [0.29, 0.717) is 10.8 Å². The Morgan fingerprint density at radius 2 is 2.00 bits per heavy atom. The van der Waals surface area contributed by atoms with Crippen LogP contribution in [-0.4, -0.2) is 0 Å². The first-order valence-electron chi connectivity index (χ1n) is 7.45. The van der Waals surface area contributed by atoms with E-state index in [1.54, 1.807) is 0 Å². The predicted molar refractivity (Wildman–Crippen MR) is 71.5 cm³/mol. The zero-order chi connectivity index (χ0) is 11.8. The molecule has 94 valence electrons. The third kappa shape index (κ3) is 2.63. The summed E-state index contributed by atoms with van der Waals surface area (Å²) in [5.41, 5.74) is 1.36. The van der Waals surface area contributed by atoms with Gasteiger partial charge in [-0.25, -0.2) is 0 Å². The lowest BCUT2D eigenvalue weighted by molar-refractivity contribution is -0.00865. The summed E-state index contributed by atoms with van der Waals surface area (Å²) in [5.74, 6) is 1.98. The van der Waals surface area contributed by atoms with Crippen molar-refractivity contribution in [3.63, 3.8) is 0 Å². The summed E-state index contributed by atoms with van der Waals surface area (Å²) in [5, 5.41) is 0. The van der Waals surface area contributed by atoms with Gasteiger partial charge in [0.25, 0.3) is 0 Å². The first-order valence-corrected chi connectivity index (χ1v) is 7.45. The Labute approximate surface area is 102 Å². The Morgan fingerprint density at radius 1 is 1.25 bits per heavy atom. The lowest BCUT2D eigenvalue weighted by atomic mass is 9.53. The lowest BCUT2D eigenvalue weighted by Gasteiger charge is -2.52. The largest absolute Gasteiger partial charge is 0.0651 e. The Kier molecular flexibility index (Phi) is 3.39. The van der Waals surface area contributed by atoms with Gasteiger partial charge in [0, 0.05) is 0 Å². The van der Waals surface area contributed by atoms with E-state index in [1.807, 2.05) is 0 Å². The Hall–Kier alpha value is 0. The second kappa shape index (κ2) is 4.35. The summed E-state index contributed by atoms with van der Waals surface area (Å²) in [7, 11) is 0. The van der Waals surface area contributed by atoms with Gasteiger partial charge in [-0.3, -0.25) is 0 Å². The molecule has 2 rings (SSSR count). The Morgan fingerprint density at radius 3 is 2.62 bits per heavy atom. The molecule has 0 saturated heterocycles. The Balaban J connectivity index is 2.05. The molecule has 0 aromatic heterocycles. The highest BCUT2D eigenvalue weighted by Crippen LogP contribution is 2.57. The van der Waals surface area contributed by atoms with Gasteiger partial charge in [-0.05, 0) is 54.8 Å². The molecule has 0 spiro atoms. The molecule has 0 radical (unpaired) electrons. The summed E-state index contributed by atoms with van der Waals surface area (Å²) in [6.45, 7) is 9.93. The molecule has 0 heterocycles. The van der Waals surface area contributed by atoms with Crippen molar-refractivity contribution in [2.45, 2.75) is 79.1 Å². The van der Waals surface area contributed by atoms with E-state index in [-0.39, 0.29) is 0 Å². The molecule has 2 bridgehead atoms. The number of hydrogen-bond acceptors (Lipinski definition) is 0. The molecule has 0 aromatic rings. The normalized spacial score (nSPS) is 45.4. The van der Waals surface area contributed by atoms with E-state index >= 15 is 0 Å². The maximum atomic E-state index is 2.58. The zero-order valence-corrected chi connectivity index (χ0v) is 11.8. The van der Waals surface area contributed by atoms with Crippen molar-refractivity contribution in [3.05, 3.63) is 0 Å². The van der Waals surface area contributed by atoms with Crippen molar-refractivity contribution < 1.29 is 0 Å². The van der Waals surface area contributed by atoms with Gasteiger partial charge in [-0.2, -0.15) is 0 Å². The van der Waals surface area contributed by atoms with Crippen LogP contribution < -0.4 is 0 Å². The predicted octanol–water partition coefficient (Wildman–Crippen LogP) is 5.42. The fourth-order valence-electron chi connectivity index (χ4n) is 4.99. The quantitative estimate of drug-likeness (QED) is 0.598. The monoisotopic (exact) mass is 222 g/mol. The van der Waals surface area contributed by atoms with E-state index in [0.717, 1.165) is 11.8 Å². The van der Waals surface area contributed by atoms with Gasteiger partial charge in [-0.15, -0.1) is 0 Å². The highest BCUT2D eigenvalue weighted by Gasteiger charge is 2.45. The van der Waals surface area contributed by atoms with Gasteiger partial charge in [0.1, 0.15) is 0 Å². The molecule has 2 aliphatic rings. The number of rotatable bonds is 3. The zero-order valence-electron chi connectivity index (χ0n) is 11.8. The number of hydrogen-bond donors (Lipinski definition) is 0. The molecule has 0 heteroatoms. The second-order valence-corrected chi connectivity index (χ2v) is 7.68. The summed E-state index contributed by atoms with van der Waals surface area (Å²) in [6.07, 6.45) is 11.9. The third-order valence-electron chi connectivity index (χ3n) is 5.35. The lowest BCUT2D eigenvalue weighted by Crippen LogP contribution is -2.40. The van der Waals surface area contributed by atoms with Gasteiger partial charge in [0.2, 0.25) is 0 Å². The standard InChI is InChI=1S/C16H30/c1-5-13(2)9-16(4)11-14-7-6-8-15(3,10-14)12-16/h13-14H,5-12H2,1-4H3. The van der Waals surface area contributed by atoms with Gasteiger partial charge in [0.05, 0.1) is 0 Å². The van der Waals surface area contributed by atoms with Gasteiger partial charge < -0.3 is 0 Å². The molecule has 2 fully saturated rings. The summed E-state index contributed by atoms with van der Waals surface area (Å²) in [4.78, 5) is 0. The van der Waals surface area contributed by atoms with Crippen LogP contribution in [0.2, 0.25) is 0 Å². The SMILES string of the molecule is CCC(C)CC1(C)CC2CCCC(C)(C2)C1. The van der Waals surface area contributed by atoms with E-state index < -0.39 is 0 Å². The number of fused-ring (bicyclic) bond motifs is 2. The molecule has 4 atom stereocenters. The Bertz CT molecular complexity index is 240. The van der Waals surface area contributed by atoms with Crippen molar-refractivity contribution in [2.24, 2.45) is 22.7 Å². The maximum absolute atomic E-state index is 2.58. The van der Waals surface area contributed by atoms with Crippen LogP contribution in [0.5, 0.6) is 0 Å². The van der Waals surface area contributed by atoms with Gasteiger partial charge in [0.15, 0.2) is 0 Å². The molecule has 0 aromatic carbocycles. The van der Waals surface area contributed by atoms with Crippen LogP contribution in [0.3, 0.4) is 0 Å². The second-order valence-electron chi connectivity index (χ2n) is 7.68. The summed E-state index contributed by atoms with van der Waals surface area (Å²) >= 11 is 0. The minimum absolute atomic E-state index is 0.660. The molecule has 2 aliphatic carbocycles. The van der Waals surface area contributed by atoms with E-state index in [2.05, 4.69) is 27.7 Å². The molecular formula is C16H30. The molecular weight excluding hydrogens is 192 g/mol. The van der Waals surface area contributed by atoms with Crippen LogP contribution >= 0.6 is 0 Å². The van der Waals surface area contributed by atoms with Crippen LogP contribution in [0.4, 0.5) is 0 Å². The van der Waals surface area contributed by atoms with Crippen LogP contribution in [0.1, 0.15) is 79.1 Å². The molecule has 0 N–H and O–H groups in total. The first-order chi connectivity index (χ1) is 7.45. The fourth-order valence-corrected chi connectivity index (χ4v) is 4.99. The molecule has 2 saturated carbocycles. The van der Waals surface area contributed by atoms with Gasteiger partial charge >= 0.3 is 0 Å². The van der Waals surface area contributed by atoms with E-state index in [9.17, 15) is 0 Å². The molecule has 16 heavy (non-hydrogen) atoms. The first kappa shape index (κ1) is 12.5. The van der Waals surface area contributed by atoms with Crippen LogP contribution in [0, 0.1) is 22.7 Å². The van der Waals surface area contributed by atoms with Gasteiger partial charge in [-0.1, -0.05) is 47.0 Å². The summed E-state index contributed by atoms with van der Waals surface area (Å²) in [6, 6.07) is 0. The minimum Gasteiger partial charge on any atom is -0.0651 e. The van der Waals surface area contributed by atoms with Crippen LogP contribution in [-0.2, 0) is 0 Å². The fraction of sp³-hybridized carbons (Fsp3) is 1.00. The highest BCUT2D eigenvalue weighted by atomic mass is 14.5. The van der Waals surface area contributed by atoms with Crippen molar-refractivity contribution in [1.29, 1.82) is 0 Å². The highest BCUT2D eigenvalue weighted by molar-refractivity contribution is 4.96. The molecule has 0 amide bonds. The van der Waals surface area contributed by atoms with Crippen molar-refractivity contribution in [2.75, 3.05) is 0 Å². The maximum Gasteiger partial charge on any atom is -0.0315 e. The van der Waals surface area contributed by atoms with E-state index in [1.165, 1.54) is 51.4 Å². The molecule has 4 unspecified atom stereocenters. The molecule has 0 aliphatic heterocycles. The van der Waals surface area contributed by atoms with Crippen LogP contribution in [0.15, 0.2) is 0 Å². The smallest absolute Gasteiger partial charge is 0.0315 e. The van der Waals surface area contributed by atoms with Crippen molar-refractivity contribution in [1.82, 2.24) is 0 Å². The van der Waals surface area contributed by atoms with Crippen molar-refractivity contribution >= 4 is 0 Å². The van der Waals surface area contributed by atoms with E-state index in [4.69, 9.17) is 0 Å². The van der Waals surface area contributed by atoms with Crippen LogP contribution in [0.25, 0.3) is 0 Å². The minimum atomic E-state index is 0.660.